The monoisotopic (exact) mass is 307 g/mol. The zero-order chi connectivity index (χ0) is 14.9. The summed E-state index contributed by atoms with van der Waals surface area (Å²) in [4.78, 5) is 4.58. The molecule has 1 aromatic heterocycles. The Morgan fingerprint density at radius 3 is 2.43 bits per heavy atom. The first kappa shape index (κ1) is 14.2. The molecule has 0 unspecified atom stereocenters. The second kappa shape index (κ2) is 5.57. The molecule has 0 spiro atoms. The maximum Gasteiger partial charge on any atom is 0.243 e. The Bertz CT molecular complexity index is 704. The highest BCUT2D eigenvalue weighted by atomic mass is 32.2. The van der Waals surface area contributed by atoms with Crippen LogP contribution in [-0.2, 0) is 10.0 Å². The lowest BCUT2D eigenvalue weighted by Crippen LogP contribution is -2.37. The Morgan fingerprint density at radius 1 is 1.19 bits per heavy atom. The van der Waals surface area contributed by atoms with Gasteiger partial charge >= 0.3 is 0 Å². The predicted molar refractivity (Wildman–Crippen MR) is 76.2 cm³/mol. The summed E-state index contributed by atoms with van der Waals surface area (Å²) in [5.41, 5.74) is 0. The second-order valence-corrected chi connectivity index (χ2v) is 7.11. The lowest BCUT2D eigenvalue weighted by Gasteiger charge is -2.29. The zero-order valence-electron chi connectivity index (χ0n) is 11.8. The van der Waals surface area contributed by atoms with Crippen molar-refractivity contribution in [3.63, 3.8) is 0 Å². The lowest BCUT2D eigenvalue weighted by atomic mass is 9.98. The molecular formula is C14H17N3O3S. The number of hydrogen-bond acceptors (Lipinski definition) is 5. The van der Waals surface area contributed by atoms with Crippen molar-refractivity contribution in [2.45, 2.75) is 30.6 Å². The molecule has 21 heavy (non-hydrogen) atoms. The largest absolute Gasteiger partial charge is 0.339 e. The van der Waals surface area contributed by atoms with Crippen LogP contribution in [0.3, 0.4) is 0 Å². The van der Waals surface area contributed by atoms with Gasteiger partial charge < -0.3 is 4.52 Å². The SMILES string of the molecule is Cc1noc(C2CCN(S(=O)(=O)c3ccccc3)CC2)n1. The third-order valence-corrected chi connectivity index (χ3v) is 5.64. The number of sulfonamides is 1. The minimum Gasteiger partial charge on any atom is -0.339 e. The van der Waals surface area contributed by atoms with Gasteiger partial charge in [-0.1, -0.05) is 23.4 Å². The van der Waals surface area contributed by atoms with Crippen molar-refractivity contribution in [1.29, 1.82) is 0 Å². The van der Waals surface area contributed by atoms with Gasteiger partial charge in [0.15, 0.2) is 5.82 Å². The predicted octanol–water partition coefficient (Wildman–Crippen LogP) is 1.95. The number of nitrogens with zero attached hydrogens (tertiary/aromatic N) is 3. The summed E-state index contributed by atoms with van der Waals surface area (Å²) in [6.45, 7) is 2.73. The van der Waals surface area contributed by atoms with E-state index in [4.69, 9.17) is 4.52 Å². The van der Waals surface area contributed by atoms with Crippen molar-refractivity contribution in [2.75, 3.05) is 13.1 Å². The Balaban J connectivity index is 1.71. The van der Waals surface area contributed by atoms with E-state index in [1.165, 1.54) is 4.31 Å². The van der Waals surface area contributed by atoms with Crippen molar-refractivity contribution in [3.8, 4) is 0 Å². The van der Waals surface area contributed by atoms with E-state index in [1.54, 1.807) is 31.2 Å². The molecule has 1 aliphatic rings. The van der Waals surface area contributed by atoms with Gasteiger partial charge in [-0.3, -0.25) is 0 Å². The second-order valence-electron chi connectivity index (χ2n) is 5.17. The zero-order valence-corrected chi connectivity index (χ0v) is 12.6. The number of hydrogen-bond donors (Lipinski definition) is 0. The molecular weight excluding hydrogens is 290 g/mol. The topological polar surface area (TPSA) is 76.3 Å². The molecule has 3 rings (SSSR count). The fraction of sp³-hybridized carbons (Fsp3) is 0.429. The Hall–Kier alpha value is -1.73. The molecule has 0 radical (unpaired) electrons. The van der Waals surface area contributed by atoms with Gasteiger partial charge in [0, 0.05) is 19.0 Å². The van der Waals surface area contributed by atoms with E-state index in [1.807, 2.05) is 6.07 Å². The minimum absolute atomic E-state index is 0.147. The van der Waals surface area contributed by atoms with Crippen molar-refractivity contribution >= 4 is 10.0 Å². The van der Waals surface area contributed by atoms with Crippen LogP contribution >= 0.6 is 0 Å². The van der Waals surface area contributed by atoms with Crippen LogP contribution in [-0.4, -0.2) is 36.0 Å². The van der Waals surface area contributed by atoms with E-state index >= 15 is 0 Å². The Morgan fingerprint density at radius 2 is 1.86 bits per heavy atom. The summed E-state index contributed by atoms with van der Waals surface area (Å²) in [7, 11) is -3.40. The first-order valence-corrected chi connectivity index (χ1v) is 8.37. The fourth-order valence-electron chi connectivity index (χ4n) is 2.56. The molecule has 0 amide bonds. The first-order chi connectivity index (χ1) is 10.1. The molecule has 0 atom stereocenters. The van der Waals surface area contributed by atoms with Gasteiger partial charge in [-0.05, 0) is 31.9 Å². The maximum atomic E-state index is 12.5. The van der Waals surface area contributed by atoms with Gasteiger partial charge in [0.2, 0.25) is 15.9 Å². The van der Waals surface area contributed by atoms with E-state index in [9.17, 15) is 8.42 Å². The van der Waals surface area contributed by atoms with E-state index in [0.717, 1.165) is 0 Å². The molecule has 0 saturated carbocycles. The number of piperidine rings is 1. The standard InChI is InChI=1S/C14H17N3O3S/c1-11-15-14(20-16-11)12-7-9-17(10-8-12)21(18,19)13-5-3-2-4-6-13/h2-6,12H,7-10H2,1H3. The molecule has 6 nitrogen and oxygen atoms in total. The Kier molecular flexibility index (Phi) is 3.77. The molecule has 1 fully saturated rings. The summed E-state index contributed by atoms with van der Waals surface area (Å²) < 4.78 is 31.7. The van der Waals surface area contributed by atoms with Crippen LogP contribution in [0.15, 0.2) is 39.8 Å². The van der Waals surface area contributed by atoms with E-state index in [2.05, 4.69) is 10.1 Å². The summed E-state index contributed by atoms with van der Waals surface area (Å²) >= 11 is 0. The highest BCUT2D eigenvalue weighted by Gasteiger charge is 2.31. The molecule has 2 heterocycles. The van der Waals surface area contributed by atoms with Crippen molar-refractivity contribution in [3.05, 3.63) is 42.0 Å². The van der Waals surface area contributed by atoms with Crippen LogP contribution in [0, 0.1) is 6.92 Å². The van der Waals surface area contributed by atoms with Gasteiger partial charge in [-0.2, -0.15) is 9.29 Å². The van der Waals surface area contributed by atoms with Crippen LogP contribution < -0.4 is 0 Å². The molecule has 0 bridgehead atoms. The normalized spacial score (nSPS) is 18.0. The molecule has 0 N–H and O–H groups in total. The van der Waals surface area contributed by atoms with Crippen LogP contribution in [0.4, 0.5) is 0 Å². The van der Waals surface area contributed by atoms with Crippen LogP contribution in [0.25, 0.3) is 0 Å². The van der Waals surface area contributed by atoms with Crippen molar-refractivity contribution < 1.29 is 12.9 Å². The quantitative estimate of drug-likeness (QED) is 0.866. The fourth-order valence-corrected chi connectivity index (χ4v) is 4.05. The average molecular weight is 307 g/mol. The van der Waals surface area contributed by atoms with Gasteiger partial charge in [-0.15, -0.1) is 0 Å². The lowest BCUT2D eigenvalue weighted by molar-refractivity contribution is 0.270. The maximum absolute atomic E-state index is 12.5. The number of aryl methyl sites for hydroxylation is 1. The van der Waals surface area contributed by atoms with Crippen molar-refractivity contribution in [2.24, 2.45) is 0 Å². The van der Waals surface area contributed by atoms with Crippen LogP contribution in [0.5, 0.6) is 0 Å². The third-order valence-electron chi connectivity index (χ3n) is 3.73. The van der Waals surface area contributed by atoms with Gasteiger partial charge in [0.25, 0.3) is 0 Å². The minimum atomic E-state index is -3.40. The smallest absolute Gasteiger partial charge is 0.243 e. The van der Waals surface area contributed by atoms with Crippen LogP contribution in [0.1, 0.15) is 30.5 Å². The van der Waals surface area contributed by atoms with E-state index in [0.29, 0.717) is 42.5 Å². The molecule has 1 aromatic carbocycles. The number of benzene rings is 1. The molecule has 2 aromatic rings. The molecule has 7 heteroatoms. The molecule has 1 aliphatic heterocycles. The summed E-state index contributed by atoms with van der Waals surface area (Å²) in [6, 6.07) is 8.54. The van der Waals surface area contributed by atoms with Gasteiger partial charge in [-0.25, -0.2) is 8.42 Å². The van der Waals surface area contributed by atoms with Crippen molar-refractivity contribution in [1.82, 2.24) is 14.4 Å². The Labute approximate surface area is 123 Å². The molecule has 0 aliphatic carbocycles. The molecule has 1 saturated heterocycles. The summed E-state index contributed by atoms with van der Waals surface area (Å²) in [6.07, 6.45) is 1.40. The summed E-state index contributed by atoms with van der Waals surface area (Å²) in [5, 5.41) is 3.79. The van der Waals surface area contributed by atoms with E-state index < -0.39 is 10.0 Å². The van der Waals surface area contributed by atoms with Crippen LogP contribution in [0.2, 0.25) is 0 Å². The highest BCUT2D eigenvalue weighted by Crippen LogP contribution is 2.29. The van der Waals surface area contributed by atoms with Gasteiger partial charge in [0.05, 0.1) is 4.90 Å². The average Bonchev–Trinajstić information content (AvgIpc) is 2.95. The summed E-state index contributed by atoms with van der Waals surface area (Å²) in [5.74, 6) is 1.38. The van der Waals surface area contributed by atoms with E-state index in [-0.39, 0.29) is 5.92 Å². The highest BCUT2D eigenvalue weighted by molar-refractivity contribution is 7.89. The third kappa shape index (κ3) is 2.84. The number of aromatic nitrogens is 2. The number of rotatable bonds is 3. The van der Waals surface area contributed by atoms with Gasteiger partial charge in [0.1, 0.15) is 0 Å². The first-order valence-electron chi connectivity index (χ1n) is 6.93. The molecule has 112 valence electrons.